The summed E-state index contributed by atoms with van der Waals surface area (Å²) in [4.78, 5) is 12.8. The van der Waals surface area contributed by atoms with E-state index in [1.54, 1.807) is 11.3 Å². The zero-order valence-electron chi connectivity index (χ0n) is 10.9. The molecule has 0 saturated carbocycles. The molecule has 3 rings (SSSR count). The van der Waals surface area contributed by atoms with Gasteiger partial charge in [-0.1, -0.05) is 55.1 Å². The number of carbonyl (C=O) groups excluding carboxylic acids is 1. The number of benzene rings is 1. The van der Waals surface area contributed by atoms with E-state index in [4.69, 9.17) is 4.74 Å². The second-order valence-corrected chi connectivity index (χ2v) is 5.64. The fraction of sp³-hybridized carbons (Fsp3) is 0.118. The summed E-state index contributed by atoms with van der Waals surface area (Å²) in [5.74, 6) is -0.396. The van der Waals surface area contributed by atoms with Gasteiger partial charge in [-0.25, -0.2) is 4.79 Å². The van der Waals surface area contributed by atoms with Crippen LogP contribution in [0.3, 0.4) is 0 Å². The van der Waals surface area contributed by atoms with Crippen molar-refractivity contribution in [2.24, 2.45) is 5.92 Å². The average Bonchev–Trinajstić information content (AvgIpc) is 3.08. The first kappa shape index (κ1) is 12.9. The molecule has 2 nitrogen and oxygen atoms in total. The van der Waals surface area contributed by atoms with Gasteiger partial charge in [-0.05, 0) is 17.0 Å². The van der Waals surface area contributed by atoms with Gasteiger partial charge in [-0.2, -0.15) is 0 Å². The van der Waals surface area contributed by atoms with Crippen molar-refractivity contribution in [1.29, 1.82) is 0 Å². The van der Waals surface area contributed by atoms with Crippen molar-refractivity contribution in [2.45, 2.75) is 6.10 Å². The lowest BCUT2D eigenvalue weighted by atomic mass is 9.95. The number of cyclic esters (lactones) is 1. The number of rotatable bonds is 3. The van der Waals surface area contributed by atoms with Crippen molar-refractivity contribution in [3.63, 3.8) is 0 Å². The quantitative estimate of drug-likeness (QED) is 0.622. The molecule has 0 radical (unpaired) electrons. The minimum absolute atomic E-state index is 0.0960. The minimum atomic E-state index is -0.300. The second-order valence-electron chi connectivity index (χ2n) is 4.66. The number of thiophene rings is 1. The van der Waals surface area contributed by atoms with Crippen molar-refractivity contribution < 1.29 is 9.53 Å². The Balaban J connectivity index is 1.87. The molecule has 2 aromatic rings. The van der Waals surface area contributed by atoms with Gasteiger partial charge < -0.3 is 4.74 Å². The molecule has 0 spiro atoms. The largest absolute Gasteiger partial charge is 0.452 e. The molecule has 2 heterocycles. The Kier molecular flexibility index (Phi) is 3.52. The zero-order valence-corrected chi connectivity index (χ0v) is 11.7. The first-order valence-electron chi connectivity index (χ1n) is 6.42. The Labute approximate surface area is 122 Å². The van der Waals surface area contributed by atoms with Crippen molar-refractivity contribution in [1.82, 2.24) is 0 Å². The van der Waals surface area contributed by atoms with E-state index in [1.807, 2.05) is 60.0 Å². The van der Waals surface area contributed by atoms with Gasteiger partial charge in [0.25, 0.3) is 0 Å². The molecule has 0 aliphatic carbocycles. The van der Waals surface area contributed by atoms with E-state index in [9.17, 15) is 4.79 Å². The Bertz CT molecular complexity index is 641. The van der Waals surface area contributed by atoms with Crippen LogP contribution in [0.15, 0.2) is 66.1 Å². The monoisotopic (exact) mass is 282 g/mol. The maximum Gasteiger partial charge on any atom is 0.334 e. The third-order valence-corrected chi connectivity index (χ3v) is 4.28. The van der Waals surface area contributed by atoms with Gasteiger partial charge >= 0.3 is 5.97 Å². The molecule has 3 heteroatoms. The number of hydrogen-bond donors (Lipinski definition) is 0. The van der Waals surface area contributed by atoms with Gasteiger partial charge in [-0.3, -0.25) is 0 Å². The van der Waals surface area contributed by atoms with Gasteiger partial charge in [0, 0.05) is 10.5 Å². The molecule has 0 unspecified atom stereocenters. The lowest BCUT2D eigenvalue weighted by Crippen LogP contribution is -2.03. The fourth-order valence-corrected chi connectivity index (χ4v) is 3.07. The van der Waals surface area contributed by atoms with Crippen molar-refractivity contribution in [3.05, 3.63) is 76.5 Å². The van der Waals surface area contributed by atoms with Crippen molar-refractivity contribution >= 4 is 23.4 Å². The summed E-state index contributed by atoms with van der Waals surface area (Å²) in [6.07, 6.45) is 3.78. The number of hydrogen-bond acceptors (Lipinski definition) is 3. The van der Waals surface area contributed by atoms with Crippen LogP contribution in [0.2, 0.25) is 0 Å². The summed E-state index contributed by atoms with van der Waals surface area (Å²) < 4.78 is 5.44. The number of carbonyl (C=O) groups is 1. The Hall–Kier alpha value is -2.13. The highest BCUT2D eigenvalue weighted by molar-refractivity contribution is 7.10. The molecule has 1 aliphatic rings. The summed E-state index contributed by atoms with van der Waals surface area (Å²) in [7, 11) is 0. The molecule has 2 atom stereocenters. The predicted octanol–water partition coefficient (Wildman–Crippen LogP) is 4.23. The summed E-state index contributed by atoms with van der Waals surface area (Å²) in [6.45, 7) is 3.87. The molecule has 20 heavy (non-hydrogen) atoms. The van der Waals surface area contributed by atoms with E-state index in [0.717, 1.165) is 10.4 Å². The van der Waals surface area contributed by atoms with Gasteiger partial charge in [0.1, 0.15) is 6.10 Å². The maximum absolute atomic E-state index is 11.8. The van der Waals surface area contributed by atoms with E-state index < -0.39 is 0 Å². The van der Waals surface area contributed by atoms with Gasteiger partial charge in [0.2, 0.25) is 0 Å². The lowest BCUT2D eigenvalue weighted by molar-refractivity contribution is -0.139. The number of esters is 1. The SMILES string of the molecule is C=C1C(=O)O[C@H](c2cccs2)[C@@H]1/C=C/c1ccccc1. The van der Waals surface area contributed by atoms with E-state index in [2.05, 4.69) is 6.58 Å². The molecule has 1 fully saturated rings. The molecule has 1 aliphatic heterocycles. The molecular weight excluding hydrogens is 268 g/mol. The topological polar surface area (TPSA) is 26.3 Å². The van der Waals surface area contributed by atoms with Gasteiger partial charge in [0.15, 0.2) is 0 Å². The number of ether oxygens (including phenoxy) is 1. The molecule has 1 aromatic heterocycles. The Morgan fingerprint density at radius 1 is 1.15 bits per heavy atom. The summed E-state index contributed by atoms with van der Waals surface area (Å²) >= 11 is 1.60. The molecule has 0 bridgehead atoms. The van der Waals surface area contributed by atoms with Crippen LogP contribution < -0.4 is 0 Å². The van der Waals surface area contributed by atoms with Crippen LogP contribution in [0.1, 0.15) is 16.5 Å². The highest BCUT2D eigenvalue weighted by Crippen LogP contribution is 2.41. The maximum atomic E-state index is 11.8. The van der Waals surface area contributed by atoms with E-state index in [0.29, 0.717) is 5.57 Å². The Morgan fingerprint density at radius 3 is 2.65 bits per heavy atom. The molecule has 1 aromatic carbocycles. The van der Waals surface area contributed by atoms with Crippen molar-refractivity contribution in [3.8, 4) is 0 Å². The van der Waals surface area contributed by atoms with Crippen LogP contribution in [0.25, 0.3) is 6.08 Å². The molecule has 0 N–H and O–H groups in total. The first-order chi connectivity index (χ1) is 9.75. The van der Waals surface area contributed by atoms with Crippen LogP contribution in [-0.2, 0) is 9.53 Å². The average molecular weight is 282 g/mol. The second kappa shape index (κ2) is 5.47. The third-order valence-electron chi connectivity index (χ3n) is 3.34. The smallest absolute Gasteiger partial charge is 0.334 e. The Morgan fingerprint density at radius 2 is 1.95 bits per heavy atom. The molecule has 100 valence electrons. The highest BCUT2D eigenvalue weighted by Gasteiger charge is 2.38. The van der Waals surface area contributed by atoms with Crippen LogP contribution >= 0.6 is 11.3 Å². The molecule has 0 amide bonds. The van der Waals surface area contributed by atoms with Crippen LogP contribution in [0.5, 0.6) is 0 Å². The van der Waals surface area contributed by atoms with E-state index >= 15 is 0 Å². The summed E-state index contributed by atoms with van der Waals surface area (Å²) in [5.41, 5.74) is 1.63. The normalized spacial score (nSPS) is 22.4. The third kappa shape index (κ3) is 2.45. The van der Waals surface area contributed by atoms with Gasteiger partial charge in [-0.15, -0.1) is 11.3 Å². The zero-order chi connectivity index (χ0) is 13.9. The van der Waals surface area contributed by atoms with Crippen LogP contribution in [0.4, 0.5) is 0 Å². The lowest BCUT2D eigenvalue weighted by Gasteiger charge is -2.12. The first-order valence-corrected chi connectivity index (χ1v) is 7.30. The van der Waals surface area contributed by atoms with Crippen LogP contribution in [-0.4, -0.2) is 5.97 Å². The highest BCUT2D eigenvalue weighted by atomic mass is 32.1. The van der Waals surface area contributed by atoms with Crippen molar-refractivity contribution in [2.75, 3.05) is 0 Å². The predicted molar refractivity (Wildman–Crippen MR) is 81.3 cm³/mol. The summed E-state index contributed by atoms with van der Waals surface area (Å²) in [6, 6.07) is 14.0. The fourth-order valence-electron chi connectivity index (χ4n) is 2.27. The van der Waals surface area contributed by atoms with E-state index in [-0.39, 0.29) is 18.0 Å². The molecule has 1 saturated heterocycles. The van der Waals surface area contributed by atoms with Crippen LogP contribution in [0, 0.1) is 5.92 Å². The van der Waals surface area contributed by atoms with E-state index in [1.165, 1.54) is 0 Å². The van der Waals surface area contributed by atoms with Gasteiger partial charge in [0.05, 0.1) is 5.92 Å². The summed E-state index contributed by atoms with van der Waals surface area (Å²) in [5, 5.41) is 1.99. The molecular formula is C17H14O2S. The standard InChI is InChI=1S/C17H14O2S/c1-12-14(10-9-13-6-3-2-4-7-13)16(19-17(12)18)15-8-5-11-20-15/h2-11,14,16H,1H2/b10-9+/t14-,16+/m1/s1. The minimum Gasteiger partial charge on any atom is -0.452 e.